The normalized spacial score (nSPS) is 20.6. The minimum absolute atomic E-state index is 0.235. The number of rotatable bonds is 2. The average molecular weight is 306 g/mol. The molecular weight excluding hydrogens is 288 g/mol. The maximum Gasteiger partial charge on any atom is 0.0454 e. The maximum absolute atomic E-state index is 6.74. The summed E-state index contributed by atoms with van der Waals surface area (Å²) < 4.78 is 0. The van der Waals surface area contributed by atoms with E-state index in [1.807, 2.05) is 35.9 Å². The van der Waals surface area contributed by atoms with Crippen molar-refractivity contribution in [3.05, 3.63) is 76.9 Å². The van der Waals surface area contributed by atoms with E-state index in [0.717, 1.165) is 19.3 Å². The van der Waals surface area contributed by atoms with Crippen LogP contribution in [0.15, 0.2) is 60.9 Å². The van der Waals surface area contributed by atoms with Gasteiger partial charge >= 0.3 is 0 Å². The molecule has 3 heteroatoms. The van der Waals surface area contributed by atoms with E-state index in [1.165, 1.54) is 26.4 Å². The van der Waals surface area contributed by atoms with Gasteiger partial charge in [-0.25, -0.2) is 0 Å². The number of hydrogen-bond acceptors (Lipinski definition) is 3. The molecular formula is C19H18N2S. The fourth-order valence-electron chi connectivity index (χ4n) is 3.26. The lowest BCUT2D eigenvalue weighted by Crippen LogP contribution is -2.41. The number of fused-ring (bicyclic) bond motifs is 1. The Morgan fingerprint density at radius 2 is 1.95 bits per heavy atom. The smallest absolute Gasteiger partial charge is 0.0454 e. The van der Waals surface area contributed by atoms with Gasteiger partial charge < -0.3 is 5.73 Å². The van der Waals surface area contributed by atoms with Gasteiger partial charge in [0.1, 0.15) is 0 Å². The number of aromatic nitrogens is 1. The Hall–Kier alpha value is -1.97. The van der Waals surface area contributed by atoms with Crippen molar-refractivity contribution in [3.63, 3.8) is 0 Å². The van der Waals surface area contributed by atoms with Gasteiger partial charge in [0.25, 0.3) is 0 Å². The number of hydrogen-bond donors (Lipinski definition) is 1. The van der Waals surface area contributed by atoms with Crippen LogP contribution in [0.3, 0.4) is 0 Å². The number of pyridine rings is 1. The molecule has 0 saturated carbocycles. The molecule has 0 amide bonds. The van der Waals surface area contributed by atoms with Gasteiger partial charge in [-0.15, -0.1) is 11.3 Å². The molecule has 1 unspecified atom stereocenters. The molecule has 2 N–H and O–H groups in total. The molecule has 2 nitrogen and oxygen atoms in total. The first kappa shape index (κ1) is 13.7. The molecule has 1 aliphatic rings. The first-order valence-electron chi connectivity index (χ1n) is 7.61. The second-order valence-corrected chi connectivity index (χ2v) is 7.14. The van der Waals surface area contributed by atoms with E-state index < -0.39 is 0 Å². The largest absolute Gasteiger partial charge is 0.321 e. The molecule has 1 aliphatic carbocycles. The predicted octanol–water partition coefficient (Wildman–Crippen LogP) is 4.15. The monoisotopic (exact) mass is 306 g/mol. The summed E-state index contributed by atoms with van der Waals surface area (Å²) in [6, 6.07) is 16.9. The Kier molecular flexibility index (Phi) is 3.32. The number of nitrogens with zero attached hydrogens (tertiary/aromatic N) is 1. The Labute approximate surface area is 134 Å². The summed E-state index contributed by atoms with van der Waals surface area (Å²) in [5, 5.41) is 0. The first-order valence-corrected chi connectivity index (χ1v) is 8.43. The predicted molar refractivity (Wildman–Crippen MR) is 91.9 cm³/mol. The molecule has 0 aliphatic heterocycles. The summed E-state index contributed by atoms with van der Waals surface area (Å²) in [5.41, 5.74) is 10.3. The summed E-state index contributed by atoms with van der Waals surface area (Å²) in [7, 11) is 0. The zero-order valence-electron chi connectivity index (χ0n) is 12.3. The second kappa shape index (κ2) is 5.34. The van der Waals surface area contributed by atoms with Crippen molar-refractivity contribution >= 4 is 11.3 Å². The lowest BCUT2D eigenvalue weighted by atomic mass is 9.77. The van der Waals surface area contributed by atoms with Crippen LogP contribution in [0.5, 0.6) is 0 Å². The molecule has 110 valence electrons. The van der Waals surface area contributed by atoms with Crippen molar-refractivity contribution in [1.29, 1.82) is 0 Å². The van der Waals surface area contributed by atoms with Crippen molar-refractivity contribution in [2.45, 2.75) is 24.8 Å². The zero-order chi connectivity index (χ0) is 15.0. The van der Waals surface area contributed by atoms with Crippen LogP contribution in [-0.4, -0.2) is 4.98 Å². The standard InChI is InChI=1S/C19H18N2S/c20-19(16-6-2-1-3-7-16)9-8-17-15(12-19)11-18(22-17)14-5-4-10-21-13-14/h1-7,10-11,13H,8-9,12,20H2. The Morgan fingerprint density at radius 1 is 1.09 bits per heavy atom. The molecule has 3 aromatic rings. The molecule has 0 fully saturated rings. The van der Waals surface area contributed by atoms with Gasteiger partial charge in [0.05, 0.1) is 0 Å². The van der Waals surface area contributed by atoms with Gasteiger partial charge in [0.2, 0.25) is 0 Å². The van der Waals surface area contributed by atoms with Crippen LogP contribution in [0.4, 0.5) is 0 Å². The third kappa shape index (κ3) is 2.36. The third-order valence-electron chi connectivity index (χ3n) is 4.50. The first-order chi connectivity index (χ1) is 10.7. The van der Waals surface area contributed by atoms with E-state index in [9.17, 15) is 0 Å². The molecule has 0 saturated heterocycles. The Balaban J connectivity index is 1.68. The third-order valence-corrected chi connectivity index (χ3v) is 5.78. The highest BCUT2D eigenvalue weighted by atomic mass is 32.1. The van der Waals surface area contributed by atoms with E-state index in [1.54, 1.807) is 0 Å². The van der Waals surface area contributed by atoms with Crippen molar-refractivity contribution in [1.82, 2.24) is 4.98 Å². The quantitative estimate of drug-likeness (QED) is 0.772. The highest BCUT2D eigenvalue weighted by Crippen LogP contribution is 2.40. The van der Waals surface area contributed by atoms with Crippen LogP contribution in [0.1, 0.15) is 22.4 Å². The minimum Gasteiger partial charge on any atom is -0.321 e. The van der Waals surface area contributed by atoms with Crippen molar-refractivity contribution in [2.24, 2.45) is 5.73 Å². The molecule has 1 aromatic carbocycles. The fourth-order valence-corrected chi connectivity index (χ4v) is 4.43. The maximum atomic E-state index is 6.74. The van der Waals surface area contributed by atoms with E-state index in [4.69, 9.17) is 5.73 Å². The van der Waals surface area contributed by atoms with Gasteiger partial charge in [-0.1, -0.05) is 36.4 Å². The van der Waals surface area contributed by atoms with Crippen LogP contribution in [0.25, 0.3) is 10.4 Å². The molecule has 2 heterocycles. The topological polar surface area (TPSA) is 38.9 Å². The summed E-state index contributed by atoms with van der Waals surface area (Å²) in [5.74, 6) is 0. The van der Waals surface area contributed by atoms with Crippen LogP contribution in [0.2, 0.25) is 0 Å². The van der Waals surface area contributed by atoms with E-state index >= 15 is 0 Å². The lowest BCUT2D eigenvalue weighted by Gasteiger charge is -2.34. The van der Waals surface area contributed by atoms with Gasteiger partial charge in [0.15, 0.2) is 0 Å². The average Bonchev–Trinajstić information content (AvgIpc) is 2.99. The lowest BCUT2D eigenvalue weighted by molar-refractivity contribution is 0.388. The van der Waals surface area contributed by atoms with E-state index in [-0.39, 0.29) is 5.54 Å². The van der Waals surface area contributed by atoms with Crippen LogP contribution < -0.4 is 5.73 Å². The zero-order valence-corrected chi connectivity index (χ0v) is 13.1. The summed E-state index contributed by atoms with van der Waals surface area (Å²) >= 11 is 1.89. The molecule has 0 bridgehead atoms. The Bertz CT molecular complexity index is 780. The molecule has 4 rings (SSSR count). The molecule has 0 spiro atoms. The van der Waals surface area contributed by atoms with Gasteiger partial charge in [-0.3, -0.25) is 4.98 Å². The van der Waals surface area contributed by atoms with Crippen LogP contribution in [0, 0.1) is 0 Å². The van der Waals surface area contributed by atoms with Crippen molar-refractivity contribution in [3.8, 4) is 10.4 Å². The van der Waals surface area contributed by atoms with Crippen LogP contribution in [-0.2, 0) is 18.4 Å². The van der Waals surface area contributed by atoms with Crippen LogP contribution >= 0.6 is 11.3 Å². The number of nitrogens with two attached hydrogens (primary N) is 1. The van der Waals surface area contributed by atoms with Gasteiger partial charge in [0, 0.05) is 33.3 Å². The van der Waals surface area contributed by atoms with Gasteiger partial charge in [-0.2, -0.15) is 0 Å². The molecule has 0 radical (unpaired) electrons. The summed E-state index contributed by atoms with van der Waals surface area (Å²) in [4.78, 5) is 7.01. The van der Waals surface area contributed by atoms with Gasteiger partial charge in [-0.05, 0) is 42.5 Å². The van der Waals surface area contributed by atoms with E-state index in [2.05, 4.69) is 41.4 Å². The summed E-state index contributed by atoms with van der Waals surface area (Å²) in [6.07, 6.45) is 6.74. The number of thiophene rings is 1. The molecule has 2 aromatic heterocycles. The Morgan fingerprint density at radius 3 is 2.73 bits per heavy atom. The molecule has 1 atom stereocenters. The SMILES string of the molecule is NC1(c2ccccc2)CCc2sc(-c3cccnc3)cc2C1. The second-order valence-electron chi connectivity index (χ2n) is 6.00. The number of aryl methyl sites for hydroxylation is 1. The number of benzene rings is 1. The van der Waals surface area contributed by atoms with E-state index in [0.29, 0.717) is 0 Å². The fraction of sp³-hybridized carbons (Fsp3) is 0.211. The van der Waals surface area contributed by atoms with Crippen molar-refractivity contribution in [2.75, 3.05) is 0 Å². The molecule has 22 heavy (non-hydrogen) atoms. The summed E-state index contributed by atoms with van der Waals surface area (Å²) in [6.45, 7) is 0. The highest BCUT2D eigenvalue weighted by Gasteiger charge is 2.33. The van der Waals surface area contributed by atoms with Crippen molar-refractivity contribution < 1.29 is 0 Å². The minimum atomic E-state index is -0.235. The highest BCUT2D eigenvalue weighted by molar-refractivity contribution is 7.15.